The molecule has 0 bridgehead atoms. The topological polar surface area (TPSA) is 49.3 Å². The summed E-state index contributed by atoms with van der Waals surface area (Å²) in [6.45, 7) is 3.02. The number of aryl methyl sites for hydroxylation is 1. The average Bonchev–Trinajstić information content (AvgIpc) is 3.02. The first-order chi connectivity index (χ1) is 11.4. The zero-order valence-electron chi connectivity index (χ0n) is 13.4. The van der Waals surface area contributed by atoms with Crippen molar-refractivity contribution in [1.82, 2.24) is 15.6 Å². The first-order valence-corrected chi connectivity index (χ1v) is 8.28. The zero-order chi connectivity index (χ0) is 17.6. The minimum Gasteiger partial charge on any atom is -0.352 e. The highest BCUT2D eigenvalue weighted by Gasteiger charge is 2.29. The molecule has 24 heavy (non-hydrogen) atoms. The molecule has 2 aromatic rings. The smallest absolute Gasteiger partial charge is 0.352 e. The predicted octanol–water partition coefficient (Wildman–Crippen LogP) is 3.59. The SMILES string of the molecule is CCc1cnc(CNC(=NC)NCc2ccc(C(F)(F)F)cc2)s1. The van der Waals surface area contributed by atoms with E-state index in [4.69, 9.17) is 0 Å². The van der Waals surface area contributed by atoms with Gasteiger partial charge in [-0.25, -0.2) is 4.98 Å². The number of alkyl halides is 3. The van der Waals surface area contributed by atoms with Gasteiger partial charge in [0.15, 0.2) is 5.96 Å². The van der Waals surface area contributed by atoms with Gasteiger partial charge in [0.05, 0.1) is 12.1 Å². The largest absolute Gasteiger partial charge is 0.416 e. The van der Waals surface area contributed by atoms with E-state index in [-0.39, 0.29) is 0 Å². The lowest BCUT2D eigenvalue weighted by Gasteiger charge is -2.12. The van der Waals surface area contributed by atoms with Crippen LogP contribution in [0.2, 0.25) is 0 Å². The normalized spacial score (nSPS) is 12.3. The third-order valence-corrected chi connectivity index (χ3v) is 4.46. The van der Waals surface area contributed by atoms with Crippen LogP contribution in [-0.4, -0.2) is 18.0 Å². The van der Waals surface area contributed by atoms with Crippen molar-refractivity contribution in [2.24, 2.45) is 4.99 Å². The molecule has 0 radical (unpaired) electrons. The van der Waals surface area contributed by atoms with Gasteiger partial charge < -0.3 is 10.6 Å². The summed E-state index contributed by atoms with van der Waals surface area (Å²) >= 11 is 1.64. The van der Waals surface area contributed by atoms with Gasteiger partial charge in [-0.1, -0.05) is 19.1 Å². The molecule has 1 heterocycles. The Bertz CT molecular complexity index is 677. The first kappa shape index (κ1) is 18.3. The summed E-state index contributed by atoms with van der Waals surface area (Å²) in [5.74, 6) is 0.572. The van der Waals surface area contributed by atoms with Crippen LogP contribution >= 0.6 is 11.3 Å². The second-order valence-corrected chi connectivity index (χ2v) is 6.25. The van der Waals surface area contributed by atoms with Gasteiger partial charge >= 0.3 is 6.18 Å². The summed E-state index contributed by atoms with van der Waals surface area (Å²) < 4.78 is 37.6. The van der Waals surface area contributed by atoms with Crippen LogP contribution in [0, 0.1) is 0 Å². The number of hydrogen-bond donors (Lipinski definition) is 2. The molecular formula is C16H19F3N4S. The van der Waals surface area contributed by atoms with Crippen molar-refractivity contribution in [3.8, 4) is 0 Å². The van der Waals surface area contributed by atoms with E-state index in [0.717, 1.165) is 29.1 Å². The molecule has 0 aliphatic rings. The second kappa shape index (κ2) is 8.14. The molecular weight excluding hydrogens is 337 g/mol. The van der Waals surface area contributed by atoms with Gasteiger partial charge in [0.1, 0.15) is 5.01 Å². The maximum atomic E-state index is 12.5. The van der Waals surface area contributed by atoms with E-state index in [9.17, 15) is 13.2 Å². The van der Waals surface area contributed by atoms with Gasteiger partial charge in [-0.3, -0.25) is 4.99 Å². The highest BCUT2D eigenvalue weighted by molar-refractivity contribution is 7.11. The fourth-order valence-corrected chi connectivity index (χ4v) is 2.77. The fourth-order valence-electron chi connectivity index (χ4n) is 1.97. The number of nitrogens with one attached hydrogen (secondary N) is 2. The molecule has 0 amide bonds. The van der Waals surface area contributed by atoms with E-state index in [0.29, 0.717) is 19.0 Å². The fraction of sp³-hybridized carbons (Fsp3) is 0.375. The van der Waals surface area contributed by atoms with Gasteiger partial charge in [-0.05, 0) is 24.1 Å². The summed E-state index contributed by atoms with van der Waals surface area (Å²) in [6.07, 6.45) is -1.49. The molecule has 0 atom stereocenters. The number of aliphatic imine (C=N–C) groups is 1. The lowest BCUT2D eigenvalue weighted by molar-refractivity contribution is -0.137. The van der Waals surface area contributed by atoms with E-state index in [1.807, 2.05) is 6.20 Å². The quantitative estimate of drug-likeness (QED) is 0.636. The van der Waals surface area contributed by atoms with E-state index in [2.05, 4.69) is 27.5 Å². The number of rotatable bonds is 5. The molecule has 0 saturated carbocycles. The van der Waals surface area contributed by atoms with Crippen molar-refractivity contribution in [3.05, 3.63) is 51.5 Å². The van der Waals surface area contributed by atoms with Crippen LogP contribution in [0.1, 0.15) is 27.9 Å². The van der Waals surface area contributed by atoms with Crippen molar-refractivity contribution >= 4 is 17.3 Å². The van der Waals surface area contributed by atoms with Crippen molar-refractivity contribution in [2.45, 2.75) is 32.6 Å². The van der Waals surface area contributed by atoms with Crippen LogP contribution in [0.25, 0.3) is 0 Å². The monoisotopic (exact) mass is 356 g/mol. The van der Waals surface area contributed by atoms with Gasteiger partial charge in [0.25, 0.3) is 0 Å². The summed E-state index contributed by atoms with van der Waals surface area (Å²) in [5, 5.41) is 7.17. The Kier molecular flexibility index (Phi) is 6.19. The number of halogens is 3. The van der Waals surface area contributed by atoms with Crippen molar-refractivity contribution < 1.29 is 13.2 Å². The number of aromatic nitrogens is 1. The maximum Gasteiger partial charge on any atom is 0.416 e. The Labute approximate surface area is 142 Å². The zero-order valence-corrected chi connectivity index (χ0v) is 14.3. The molecule has 0 unspecified atom stereocenters. The molecule has 2 N–H and O–H groups in total. The van der Waals surface area contributed by atoms with Gasteiger partial charge in [0, 0.05) is 24.7 Å². The molecule has 1 aromatic heterocycles. The van der Waals surface area contributed by atoms with Crippen LogP contribution in [0.5, 0.6) is 0 Å². The molecule has 130 valence electrons. The Morgan fingerprint density at radius 2 is 1.83 bits per heavy atom. The number of hydrogen-bond acceptors (Lipinski definition) is 3. The maximum absolute atomic E-state index is 12.5. The Morgan fingerprint density at radius 1 is 1.17 bits per heavy atom. The lowest BCUT2D eigenvalue weighted by Crippen LogP contribution is -2.36. The molecule has 0 fully saturated rings. The van der Waals surface area contributed by atoms with Crippen molar-refractivity contribution in [1.29, 1.82) is 0 Å². The highest BCUT2D eigenvalue weighted by atomic mass is 32.1. The van der Waals surface area contributed by atoms with Crippen LogP contribution in [-0.2, 0) is 25.7 Å². The van der Waals surface area contributed by atoms with E-state index in [1.165, 1.54) is 17.0 Å². The van der Waals surface area contributed by atoms with Crippen molar-refractivity contribution in [2.75, 3.05) is 7.05 Å². The molecule has 0 aliphatic carbocycles. The number of benzene rings is 1. The van der Waals surface area contributed by atoms with Crippen molar-refractivity contribution in [3.63, 3.8) is 0 Å². The molecule has 2 rings (SSSR count). The van der Waals surface area contributed by atoms with Gasteiger partial charge in [-0.15, -0.1) is 11.3 Å². The minimum absolute atomic E-state index is 0.385. The number of thiazole rings is 1. The third-order valence-electron chi connectivity index (χ3n) is 3.32. The molecule has 0 aliphatic heterocycles. The van der Waals surface area contributed by atoms with E-state index >= 15 is 0 Å². The van der Waals surface area contributed by atoms with Gasteiger partial charge in [0.2, 0.25) is 0 Å². The standard InChI is InChI=1S/C16H19F3N4S/c1-3-13-9-21-14(24-13)10-23-15(20-2)22-8-11-4-6-12(7-5-11)16(17,18)19/h4-7,9H,3,8,10H2,1-2H3,(H2,20,22,23). The number of nitrogens with zero attached hydrogens (tertiary/aromatic N) is 2. The summed E-state index contributed by atoms with van der Waals surface area (Å²) in [5.41, 5.74) is 0.0951. The number of guanidine groups is 1. The molecule has 0 spiro atoms. The lowest BCUT2D eigenvalue weighted by atomic mass is 10.1. The Hall–Kier alpha value is -2.09. The third kappa shape index (κ3) is 5.23. The van der Waals surface area contributed by atoms with Crippen LogP contribution in [0.4, 0.5) is 13.2 Å². The average molecular weight is 356 g/mol. The molecule has 4 nitrogen and oxygen atoms in total. The summed E-state index contributed by atoms with van der Waals surface area (Å²) in [7, 11) is 1.64. The highest BCUT2D eigenvalue weighted by Crippen LogP contribution is 2.29. The minimum atomic E-state index is -4.31. The summed E-state index contributed by atoms with van der Waals surface area (Å²) in [6, 6.07) is 5.07. The van der Waals surface area contributed by atoms with Crippen LogP contribution in [0.15, 0.2) is 35.5 Å². The van der Waals surface area contributed by atoms with Gasteiger partial charge in [-0.2, -0.15) is 13.2 Å². The van der Waals surface area contributed by atoms with E-state index in [1.54, 1.807) is 18.4 Å². The summed E-state index contributed by atoms with van der Waals surface area (Å²) in [4.78, 5) is 9.63. The predicted molar refractivity (Wildman–Crippen MR) is 90.0 cm³/mol. The van der Waals surface area contributed by atoms with Crippen LogP contribution < -0.4 is 10.6 Å². The molecule has 0 saturated heterocycles. The van der Waals surface area contributed by atoms with E-state index < -0.39 is 11.7 Å². The Balaban J connectivity index is 1.85. The Morgan fingerprint density at radius 3 is 2.38 bits per heavy atom. The molecule has 1 aromatic carbocycles. The first-order valence-electron chi connectivity index (χ1n) is 7.46. The molecule has 8 heteroatoms. The van der Waals surface area contributed by atoms with Crippen LogP contribution in [0.3, 0.4) is 0 Å². The second-order valence-electron chi connectivity index (χ2n) is 5.05.